The van der Waals surface area contributed by atoms with E-state index < -0.39 is 17.6 Å². The molecule has 0 atom stereocenters. The number of nitrogens with zero attached hydrogens (tertiary/aromatic N) is 2. The van der Waals surface area contributed by atoms with Gasteiger partial charge >= 0.3 is 0 Å². The molecule has 0 spiro atoms. The first-order valence-electron chi connectivity index (χ1n) is 9.85. The number of carbonyl (C=O) groups excluding carboxylic acids is 2. The molecule has 3 aromatic carbocycles. The SMILES string of the molecule is COc1ccc(C2=C(Nc3ccc(F)cc3)C(=O)N(c3ccc(C#N)cc3)C2=O)cc1OC. The average Bonchev–Trinajstić information content (AvgIpc) is 3.09. The zero-order valence-corrected chi connectivity index (χ0v) is 17.8. The number of ether oxygens (including phenoxy) is 2. The van der Waals surface area contributed by atoms with Gasteiger partial charge in [-0.05, 0) is 66.2 Å². The number of carbonyl (C=O) groups is 2. The maximum absolute atomic E-state index is 13.5. The molecule has 1 aliphatic heterocycles. The van der Waals surface area contributed by atoms with Crippen molar-refractivity contribution in [3.8, 4) is 17.6 Å². The van der Waals surface area contributed by atoms with E-state index in [1.165, 1.54) is 62.8 Å². The minimum Gasteiger partial charge on any atom is -0.493 e. The number of hydrogen-bond acceptors (Lipinski definition) is 6. The van der Waals surface area contributed by atoms with Gasteiger partial charge in [0.2, 0.25) is 0 Å². The van der Waals surface area contributed by atoms with Crippen molar-refractivity contribution in [3.05, 3.63) is 89.4 Å². The lowest BCUT2D eigenvalue weighted by Crippen LogP contribution is -2.32. The number of imide groups is 1. The van der Waals surface area contributed by atoms with Crippen LogP contribution in [0.15, 0.2) is 72.4 Å². The lowest BCUT2D eigenvalue weighted by Gasteiger charge is -2.15. The zero-order chi connectivity index (χ0) is 23.5. The van der Waals surface area contributed by atoms with Crippen molar-refractivity contribution >= 4 is 28.8 Å². The van der Waals surface area contributed by atoms with E-state index in [9.17, 15) is 14.0 Å². The Morgan fingerprint density at radius 3 is 2.15 bits per heavy atom. The second kappa shape index (κ2) is 8.85. The van der Waals surface area contributed by atoms with Crippen LogP contribution >= 0.6 is 0 Å². The first-order chi connectivity index (χ1) is 16.0. The molecule has 0 saturated carbocycles. The summed E-state index contributed by atoms with van der Waals surface area (Å²) >= 11 is 0. The third-order valence-electron chi connectivity index (χ3n) is 5.12. The van der Waals surface area contributed by atoms with Crippen LogP contribution in [0.25, 0.3) is 5.57 Å². The molecule has 4 rings (SSSR count). The molecule has 1 N–H and O–H groups in total. The van der Waals surface area contributed by atoms with E-state index in [0.717, 1.165) is 4.90 Å². The number of halogens is 1. The maximum atomic E-state index is 13.5. The molecule has 0 fully saturated rings. The lowest BCUT2D eigenvalue weighted by atomic mass is 10.0. The van der Waals surface area contributed by atoms with Gasteiger partial charge in [-0.25, -0.2) is 9.29 Å². The molecule has 7 nitrogen and oxygen atoms in total. The first-order valence-corrected chi connectivity index (χ1v) is 9.85. The Balaban J connectivity index is 1.83. The third kappa shape index (κ3) is 4.00. The van der Waals surface area contributed by atoms with Crippen molar-refractivity contribution in [2.24, 2.45) is 0 Å². The highest BCUT2D eigenvalue weighted by Crippen LogP contribution is 2.37. The van der Waals surface area contributed by atoms with Crippen LogP contribution in [0.5, 0.6) is 11.5 Å². The van der Waals surface area contributed by atoms with Crippen LogP contribution in [0.3, 0.4) is 0 Å². The normalized spacial score (nSPS) is 13.2. The summed E-state index contributed by atoms with van der Waals surface area (Å²) in [4.78, 5) is 27.9. The minimum atomic E-state index is -0.584. The second-order valence-electron chi connectivity index (χ2n) is 7.06. The van der Waals surface area contributed by atoms with Crippen molar-refractivity contribution in [1.82, 2.24) is 0 Å². The molecule has 0 aliphatic carbocycles. The topological polar surface area (TPSA) is 91.7 Å². The molecule has 2 amide bonds. The van der Waals surface area contributed by atoms with Crippen LogP contribution in [0.2, 0.25) is 0 Å². The molecule has 33 heavy (non-hydrogen) atoms. The fourth-order valence-corrected chi connectivity index (χ4v) is 3.50. The summed E-state index contributed by atoms with van der Waals surface area (Å²) in [6.07, 6.45) is 0. The number of amides is 2. The fourth-order valence-electron chi connectivity index (χ4n) is 3.50. The smallest absolute Gasteiger partial charge is 0.282 e. The molecule has 3 aromatic rings. The Morgan fingerprint density at radius 1 is 0.879 bits per heavy atom. The number of nitrogens with one attached hydrogen (secondary N) is 1. The fraction of sp³-hybridized carbons (Fsp3) is 0.0800. The molecular formula is C25H18FN3O4. The second-order valence-corrected chi connectivity index (χ2v) is 7.06. The van der Waals surface area contributed by atoms with E-state index >= 15 is 0 Å². The van der Waals surface area contributed by atoms with E-state index in [-0.39, 0.29) is 11.3 Å². The van der Waals surface area contributed by atoms with Gasteiger partial charge in [-0.2, -0.15) is 5.26 Å². The molecule has 164 valence electrons. The minimum absolute atomic E-state index is 0.0307. The highest BCUT2D eigenvalue weighted by molar-refractivity contribution is 6.46. The molecule has 0 unspecified atom stereocenters. The van der Waals surface area contributed by atoms with Gasteiger partial charge in [-0.15, -0.1) is 0 Å². The van der Waals surface area contributed by atoms with Gasteiger partial charge in [0.25, 0.3) is 11.8 Å². The first kappa shape index (κ1) is 21.6. The summed E-state index contributed by atoms with van der Waals surface area (Å²) in [5, 5.41) is 12.0. The molecule has 0 saturated heterocycles. The number of nitriles is 1. The molecule has 0 radical (unpaired) electrons. The number of anilines is 2. The van der Waals surface area contributed by atoms with Crippen molar-refractivity contribution in [2.45, 2.75) is 0 Å². The summed E-state index contributed by atoms with van der Waals surface area (Å²) in [5.41, 5.74) is 1.74. The van der Waals surface area contributed by atoms with Gasteiger partial charge in [0, 0.05) is 5.69 Å². The molecule has 1 heterocycles. The summed E-state index contributed by atoms with van der Waals surface area (Å²) in [5.74, 6) is -0.709. The van der Waals surface area contributed by atoms with E-state index in [4.69, 9.17) is 14.7 Å². The Labute approximate surface area is 189 Å². The maximum Gasteiger partial charge on any atom is 0.282 e. The largest absolute Gasteiger partial charge is 0.493 e. The summed E-state index contributed by atoms with van der Waals surface area (Å²) < 4.78 is 24.0. The summed E-state index contributed by atoms with van der Waals surface area (Å²) in [7, 11) is 2.97. The van der Waals surface area contributed by atoms with E-state index in [1.54, 1.807) is 18.2 Å². The lowest BCUT2D eigenvalue weighted by molar-refractivity contribution is -0.120. The van der Waals surface area contributed by atoms with E-state index in [2.05, 4.69) is 5.32 Å². The van der Waals surface area contributed by atoms with Crippen LogP contribution in [0.1, 0.15) is 11.1 Å². The Bertz CT molecular complexity index is 1310. The highest BCUT2D eigenvalue weighted by Gasteiger charge is 2.40. The Hall–Kier alpha value is -4.64. The predicted molar refractivity (Wildman–Crippen MR) is 120 cm³/mol. The Kier molecular flexibility index (Phi) is 5.79. The number of benzene rings is 3. The van der Waals surface area contributed by atoms with Gasteiger partial charge in [-0.3, -0.25) is 9.59 Å². The van der Waals surface area contributed by atoms with Crippen molar-refractivity contribution < 1.29 is 23.5 Å². The number of rotatable bonds is 6. The predicted octanol–water partition coefficient (Wildman–Crippen LogP) is 4.11. The number of hydrogen-bond donors (Lipinski definition) is 1. The summed E-state index contributed by atoms with van der Waals surface area (Å²) in [6.45, 7) is 0. The molecule has 0 aromatic heterocycles. The molecule has 8 heteroatoms. The monoisotopic (exact) mass is 443 g/mol. The van der Waals surface area contributed by atoms with Gasteiger partial charge in [0.05, 0.1) is 37.1 Å². The van der Waals surface area contributed by atoms with Crippen molar-refractivity contribution in [3.63, 3.8) is 0 Å². The molecule has 1 aliphatic rings. The van der Waals surface area contributed by atoms with Gasteiger partial charge in [0.1, 0.15) is 11.5 Å². The van der Waals surface area contributed by atoms with Crippen molar-refractivity contribution in [1.29, 1.82) is 5.26 Å². The molecular weight excluding hydrogens is 425 g/mol. The van der Waals surface area contributed by atoms with Gasteiger partial charge in [0.15, 0.2) is 11.5 Å². The van der Waals surface area contributed by atoms with E-state index in [0.29, 0.717) is 34.0 Å². The summed E-state index contributed by atoms with van der Waals surface area (Å²) in [6, 6.07) is 18.4. The van der Waals surface area contributed by atoms with Gasteiger partial charge < -0.3 is 14.8 Å². The quantitative estimate of drug-likeness (QED) is 0.577. The van der Waals surface area contributed by atoms with E-state index in [1.807, 2.05) is 6.07 Å². The van der Waals surface area contributed by atoms with Crippen LogP contribution in [0.4, 0.5) is 15.8 Å². The van der Waals surface area contributed by atoms with Crippen LogP contribution < -0.4 is 19.7 Å². The average molecular weight is 443 g/mol. The standard InChI is InChI=1S/C25H18FN3O4/c1-32-20-12-5-16(13-21(20)33-2)22-23(28-18-8-6-17(26)7-9-18)25(31)29(24(22)30)19-10-3-15(14-27)4-11-19/h3-13,28H,1-2H3. The van der Waals surface area contributed by atoms with Crippen molar-refractivity contribution in [2.75, 3.05) is 24.4 Å². The highest BCUT2D eigenvalue weighted by atomic mass is 19.1. The van der Waals surface area contributed by atoms with Crippen LogP contribution in [-0.4, -0.2) is 26.0 Å². The number of methoxy groups -OCH3 is 2. The van der Waals surface area contributed by atoms with Gasteiger partial charge in [-0.1, -0.05) is 6.07 Å². The third-order valence-corrected chi connectivity index (χ3v) is 5.12. The Morgan fingerprint density at radius 2 is 1.55 bits per heavy atom. The van der Waals surface area contributed by atoms with Crippen LogP contribution in [-0.2, 0) is 9.59 Å². The zero-order valence-electron chi connectivity index (χ0n) is 17.8. The van der Waals surface area contributed by atoms with Crippen LogP contribution in [0, 0.1) is 17.1 Å². The molecule has 0 bridgehead atoms.